The van der Waals surface area contributed by atoms with Crippen molar-refractivity contribution in [2.24, 2.45) is 0 Å². The van der Waals surface area contributed by atoms with Crippen molar-refractivity contribution in [3.63, 3.8) is 0 Å². The summed E-state index contributed by atoms with van der Waals surface area (Å²) in [5, 5.41) is 0. The van der Waals surface area contributed by atoms with Crippen molar-refractivity contribution in [2.75, 3.05) is 7.11 Å². The van der Waals surface area contributed by atoms with Gasteiger partial charge in [0.2, 0.25) is 0 Å². The lowest BCUT2D eigenvalue weighted by Crippen LogP contribution is -2.04. The van der Waals surface area contributed by atoms with E-state index in [2.05, 4.69) is 0 Å². The van der Waals surface area contributed by atoms with E-state index in [1.165, 1.54) is 7.11 Å². The Labute approximate surface area is 147 Å². The van der Waals surface area contributed by atoms with E-state index in [0.29, 0.717) is 6.61 Å². The van der Waals surface area contributed by atoms with Crippen LogP contribution >= 0.6 is 0 Å². The Kier molecular flexibility index (Phi) is 5.47. The molecule has 126 valence electrons. The van der Waals surface area contributed by atoms with Crippen LogP contribution in [0.25, 0.3) is 11.1 Å². The molecule has 0 amide bonds. The van der Waals surface area contributed by atoms with Crippen molar-refractivity contribution < 1.29 is 14.3 Å². The van der Waals surface area contributed by atoms with Gasteiger partial charge in [0.05, 0.1) is 13.5 Å². The molecular weight excluding hydrogens is 312 g/mol. The Hall–Kier alpha value is -3.07. The molecule has 0 bridgehead atoms. The fourth-order valence-corrected chi connectivity index (χ4v) is 2.58. The van der Waals surface area contributed by atoms with Gasteiger partial charge in [-0.3, -0.25) is 4.79 Å². The molecule has 0 aliphatic carbocycles. The van der Waals surface area contributed by atoms with Gasteiger partial charge < -0.3 is 9.47 Å². The van der Waals surface area contributed by atoms with Gasteiger partial charge >= 0.3 is 5.97 Å². The smallest absolute Gasteiger partial charge is 0.309 e. The molecule has 25 heavy (non-hydrogen) atoms. The van der Waals surface area contributed by atoms with Gasteiger partial charge in [-0.2, -0.15) is 0 Å². The Balaban J connectivity index is 1.67. The topological polar surface area (TPSA) is 35.5 Å². The number of carbonyl (C=O) groups excluding carboxylic acids is 1. The zero-order valence-corrected chi connectivity index (χ0v) is 14.1. The molecule has 0 atom stereocenters. The van der Waals surface area contributed by atoms with Crippen LogP contribution in [0.3, 0.4) is 0 Å². The summed E-state index contributed by atoms with van der Waals surface area (Å²) in [6.45, 7) is 0.550. The summed E-state index contributed by atoms with van der Waals surface area (Å²) in [5.41, 5.74) is 4.23. The monoisotopic (exact) mass is 332 g/mol. The summed E-state index contributed by atoms with van der Waals surface area (Å²) in [6, 6.07) is 26.0. The van der Waals surface area contributed by atoms with Crippen LogP contribution in [0.15, 0.2) is 78.9 Å². The van der Waals surface area contributed by atoms with Gasteiger partial charge in [-0.05, 0) is 34.4 Å². The minimum absolute atomic E-state index is 0.234. The van der Waals surface area contributed by atoms with Gasteiger partial charge in [-0.1, -0.05) is 66.7 Å². The molecule has 0 N–H and O–H groups in total. The second-order valence-corrected chi connectivity index (χ2v) is 5.75. The number of esters is 1. The fourth-order valence-electron chi connectivity index (χ4n) is 2.58. The van der Waals surface area contributed by atoms with Crippen LogP contribution < -0.4 is 4.74 Å². The molecule has 3 aromatic rings. The van der Waals surface area contributed by atoms with Crippen LogP contribution in [-0.4, -0.2) is 13.1 Å². The largest absolute Gasteiger partial charge is 0.489 e. The number of methoxy groups -OCH3 is 1. The third-order valence-corrected chi connectivity index (χ3v) is 3.94. The highest BCUT2D eigenvalue weighted by Crippen LogP contribution is 2.24. The third kappa shape index (κ3) is 4.70. The first-order valence-electron chi connectivity index (χ1n) is 8.17. The number of ether oxygens (including phenoxy) is 2. The summed E-state index contributed by atoms with van der Waals surface area (Å²) >= 11 is 0. The van der Waals surface area contributed by atoms with Gasteiger partial charge in [0.15, 0.2) is 0 Å². The number of rotatable bonds is 6. The van der Waals surface area contributed by atoms with Crippen LogP contribution in [0, 0.1) is 0 Å². The quantitative estimate of drug-likeness (QED) is 0.617. The van der Waals surface area contributed by atoms with Crippen LogP contribution in [0.1, 0.15) is 11.1 Å². The second-order valence-electron chi connectivity index (χ2n) is 5.75. The average molecular weight is 332 g/mol. The molecule has 0 aliphatic rings. The molecule has 3 aromatic carbocycles. The van der Waals surface area contributed by atoms with Gasteiger partial charge in [0.1, 0.15) is 12.4 Å². The van der Waals surface area contributed by atoms with Crippen molar-refractivity contribution in [1.29, 1.82) is 0 Å². The first-order valence-corrected chi connectivity index (χ1v) is 8.17. The zero-order chi connectivity index (χ0) is 17.5. The Bertz CT molecular complexity index is 823. The van der Waals surface area contributed by atoms with E-state index in [0.717, 1.165) is 28.0 Å². The number of carbonyl (C=O) groups is 1. The Morgan fingerprint density at radius 2 is 1.52 bits per heavy atom. The van der Waals surface area contributed by atoms with Crippen LogP contribution in [0.5, 0.6) is 5.75 Å². The predicted molar refractivity (Wildman–Crippen MR) is 98.4 cm³/mol. The lowest BCUT2D eigenvalue weighted by atomic mass is 10.0. The minimum atomic E-state index is -0.234. The summed E-state index contributed by atoms with van der Waals surface area (Å²) in [4.78, 5) is 11.4. The van der Waals surface area contributed by atoms with E-state index in [1.54, 1.807) is 0 Å². The molecule has 3 heteroatoms. The molecule has 3 nitrogen and oxygen atoms in total. The zero-order valence-electron chi connectivity index (χ0n) is 14.1. The second kappa shape index (κ2) is 8.15. The lowest BCUT2D eigenvalue weighted by Gasteiger charge is -2.08. The molecular formula is C22H20O3. The molecule has 0 saturated heterocycles. The molecule has 0 fully saturated rings. The van der Waals surface area contributed by atoms with Gasteiger partial charge in [0.25, 0.3) is 0 Å². The fraction of sp³-hybridized carbons (Fsp3) is 0.136. The number of hydrogen-bond donors (Lipinski definition) is 0. The molecule has 0 radical (unpaired) electrons. The van der Waals surface area contributed by atoms with E-state index in [9.17, 15) is 4.79 Å². The first-order chi connectivity index (χ1) is 12.2. The maximum absolute atomic E-state index is 11.4. The minimum Gasteiger partial charge on any atom is -0.489 e. The highest BCUT2D eigenvalue weighted by atomic mass is 16.5. The van der Waals surface area contributed by atoms with Crippen molar-refractivity contribution in [1.82, 2.24) is 0 Å². The number of hydrogen-bond acceptors (Lipinski definition) is 3. The molecule has 0 aromatic heterocycles. The lowest BCUT2D eigenvalue weighted by molar-refractivity contribution is -0.139. The van der Waals surface area contributed by atoms with Crippen molar-refractivity contribution >= 4 is 5.97 Å². The summed E-state index contributed by atoms with van der Waals surface area (Å²) in [6.07, 6.45) is 0.280. The van der Waals surface area contributed by atoms with Crippen LogP contribution in [0.2, 0.25) is 0 Å². The van der Waals surface area contributed by atoms with Crippen molar-refractivity contribution in [3.8, 4) is 16.9 Å². The Morgan fingerprint density at radius 3 is 2.24 bits per heavy atom. The predicted octanol–water partition coefficient (Wildman–Crippen LogP) is 4.65. The van der Waals surface area contributed by atoms with Gasteiger partial charge in [0, 0.05) is 0 Å². The third-order valence-electron chi connectivity index (χ3n) is 3.94. The molecule has 3 rings (SSSR count). The first kappa shape index (κ1) is 16.8. The highest BCUT2D eigenvalue weighted by Gasteiger charge is 2.05. The van der Waals surface area contributed by atoms with Crippen LogP contribution in [-0.2, 0) is 22.6 Å². The average Bonchev–Trinajstić information content (AvgIpc) is 2.68. The SMILES string of the molecule is COC(=O)Cc1cccc(-c2ccc(OCc3ccccc3)cc2)c1. The molecule has 0 saturated carbocycles. The highest BCUT2D eigenvalue weighted by molar-refractivity contribution is 5.74. The molecule has 0 unspecified atom stereocenters. The van der Waals surface area contributed by atoms with E-state index in [1.807, 2.05) is 78.9 Å². The Morgan fingerprint density at radius 1 is 0.800 bits per heavy atom. The van der Waals surface area contributed by atoms with E-state index in [-0.39, 0.29) is 12.4 Å². The standard InChI is InChI=1S/C22H20O3/c1-24-22(23)15-18-8-5-9-20(14-18)19-10-12-21(13-11-19)25-16-17-6-3-2-4-7-17/h2-14H,15-16H2,1H3. The van der Waals surface area contributed by atoms with E-state index < -0.39 is 0 Å². The van der Waals surface area contributed by atoms with Gasteiger partial charge in [-0.15, -0.1) is 0 Å². The maximum Gasteiger partial charge on any atom is 0.309 e. The maximum atomic E-state index is 11.4. The normalized spacial score (nSPS) is 10.3. The summed E-state index contributed by atoms with van der Waals surface area (Å²) in [5.74, 6) is 0.597. The van der Waals surface area contributed by atoms with E-state index in [4.69, 9.17) is 9.47 Å². The summed E-state index contributed by atoms with van der Waals surface area (Å²) < 4.78 is 10.5. The van der Waals surface area contributed by atoms with Gasteiger partial charge in [-0.25, -0.2) is 0 Å². The van der Waals surface area contributed by atoms with Crippen molar-refractivity contribution in [3.05, 3.63) is 90.0 Å². The van der Waals surface area contributed by atoms with E-state index >= 15 is 0 Å². The van der Waals surface area contributed by atoms with Crippen LogP contribution in [0.4, 0.5) is 0 Å². The molecule has 0 heterocycles. The molecule has 0 spiro atoms. The summed E-state index contributed by atoms with van der Waals surface area (Å²) in [7, 11) is 1.40. The van der Waals surface area contributed by atoms with Crippen molar-refractivity contribution in [2.45, 2.75) is 13.0 Å². The molecule has 0 aliphatic heterocycles. The number of benzene rings is 3.